The summed E-state index contributed by atoms with van der Waals surface area (Å²) in [5.74, 6) is 1.88. The zero-order valence-corrected chi connectivity index (χ0v) is 20.6. The van der Waals surface area contributed by atoms with Crippen LogP contribution < -0.4 is 9.64 Å². The van der Waals surface area contributed by atoms with Gasteiger partial charge in [-0.3, -0.25) is 4.79 Å². The van der Waals surface area contributed by atoms with E-state index in [1.54, 1.807) is 7.11 Å². The summed E-state index contributed by atoms with van der Waals surface area (Å²) in [6.07, 6.45) is 0.450. The summed E-state index contributed by atoms with van der Waals surface area (Å²) >= 11 is 0. The van der Waals surface area contributed by atoms with Gasteiger partial charge in [0.2, 0.25) is 5.91 Å². The molecule has 1 atom stereocenters. The number of nitrogens with zero attached hydrogens (tertiary/aromatic N) is 3. The second-order valence-corrected chi connectivity index (χ2v) is 9.39. The third kappa shape index (κ3) is 3.75. The maximum absolute atomic E-state index is 13.1. The minimum absolute atomic E-state index is 0.0256. The number of amides is 1. The molecule has 2 heterocycles. The second kappa shape index (κ2) is 8.64. The highest BCUT2D eigenvalue weighted by Gasteiger charge is 2.35. The average Bonchev–Trinajstić information content (AvgIpc) is 3.41. The molecule has 1 amide bonds. The number of hydrogen-bond acceptors (Lipinski definition) is 3. The van der Waals surface area contributed by atoms with Crippen LogP contribution in [0.25, 0.3) is 11.0 Å². The number of imidazole rings is 1. The van der Waals surface area contributed by atoms with E-state index >= 15 is 0 Å². The Bertz CT molecular complexity index is 1380. The number of benzene rings is 3. The molecule has 0 spiro atoms. The highest BCUT2D eigenvalue weighted by molar-refractivity contribution is 5.96. The average molecular weight is 454 g/mol. The quantitative estimate of drug-likeness (QED) is 0.381. The fourth-order valence-electron chi connectivity index (χ4n) is 5.17. The zero-order chi connectivity index (χ0) is 24.0. The molecule has 174 valence electrons. The Morgan fingerprint density at radius 2 is 1.71 bits per heavy atom. The molecule has 0 saturated carbocycles. The van der Waals surface area contributed by atoms with E-state index in [2.05, 4.69) is 56.5 Å². The van der Waals surface area contributed by atoms with Gasteiger partial charge in [0.05, 0.1) is 18.1 Å². The van der Waals surface area contributed by atoms with Crippen molar-refractivity contribution in [3.63, 3.8) is 0 Å². The first-order valence-corrected chi connectivity index (χ1v) is 11.8. The number of para-hydroxylation sites is 2. The number of anilines is 1. The van der Waals surface area contributed by atoms with Gasteiger partial charge in [-0.25, -0.2) is 4.98 Å². The van der Waals surface area contributed by atoms with Crippen molar-refractivity contribution in [2.45, 2.75) is 46.6 Å². The van der Waals surface area contributed by atoms with Gasteiger partial charge in [-0.05, 0) is 79.8 Å². The van der Waals surface area contributed by atoms with Crippen molar-refractivity contribution in [3.05, 3.63) is 88.2 Å². The van der Waals surface area contributed by atoms with Gasteiger partial charge < -0.3 is 14.2 Å². The number of rotatable bonds is 5. The Morgan fingerprint density at radius 1 is 0.971 bits per heavy atom. The first kappa shape index (κ1) is 22.2. The Hall–Kier alpha value is -3.60. The third-order valence-corrected chi connectivity index (χ3v) is 7.38. The normalized spacial score (nSPS) is 16.0. The van der Waals surface area contributed by atoms with Crippen LogP contribution in [0.4, 0.5) is 5.69 Å². The van der Waals surface area contributed by atoms with Crippen LogP contribution in [0.15, 0.2) is 54.6 Å². The monoisotopic (exact) mass is 453 g/mol. The van der Waals surface area contributed by atoms with Crippen LogP contribution in [-0.2, 0) is 11.3 Å². The molecule has 1 aliphatic heterocycles. The van der Waals surface area contributed by atoms with Crippen molar-refractivity contribution in [2.75, 3.05) is 18.6 Å². The molecule has 4 aromatic rings. The van der Waals surface area contributed by atoms with Gasteiger partial charge in [-0.2, -0.15) is 0 Å². The van der Waals surface area contributed by atoms with E-state index in [0.29, 0.717) is 13.0 Å². The van der Waals surface area contributed by atoms with Crippen molar-refractivity contribution >= 4 is 22.6 Å². The molecule has 0 N–H and O–H groups in total. The number of aromatic nitrogens is 2. The highest BCUT2D eigenvalue weighted by atomic mass is 16.5. The summed E-state index contributed by atoms with van der Waals surface area (Å²) in [6.45, 7) is 10.1. The standard InChI is InChI=1S/C29H31N3O2/c1-18-13-19(2)21(4)25(20(18)3)17-32-27-12-7-6-11-26(27)30-29(32)22-14-28(33)31(16-22)23-9-8-10-24(15-23)34-5/h6-13,15,22H,14,16-17H2,1-5H3/t22-/m1/s1. The summed E-state index contributed by atoms with van der Waals surface area (Å²) in [5, 5.41) is 0. The fraction of sp³-hybridized carbons (Fsp3) is 0.310. The molecule has 0 unspecified atom stereocenters. The van der Waals surface area contributed by atoms with Crippen molar-refractivity contribution < 1.29 is 9.53 Å². The molecule has 5 rings (SSSR count). The molecule has 0 radical (unpaired) electrons. The number of hydrogen-bond donors (Lipinski definition) is 0. The molecule has 1 aromatic heterocycles. The fourth-order valence-corrected chi connectivity index (χ4v) is 5.17. The molecule has 1 aliphatic rings. The Kier molecular flexibility index (Phi) is 5.64. The van der Waals surface area contributed by atoms with Gasteiger partial charge in [0.15, 0.2) is 0 Å². The summed E-state index contributed by atoms with van der Waals surface area (Å²) in [4.78, 5) is 20.0. The highest BCUT2D eigenvalue weighted by Crippen LogP contribution is 2.35. The van der Waals surface area contributed by atoms with E-state index < -0.39 is 0 Å². The summed E-state index contributed by atoms with van der Waals surface area (Å²) in [6, 6.07) is 18.3. The van der Waals surface area contributed by atoms with Crippen LogP contribution >= 0.6 is 0 Å². The van der Waals surface area contributed by atoms with Crippen LogP contribution in [0.2, 0.25) is 0 Å². The topological polar surface area (TPSA) is 47.4 Å². The number of ether oxygens (including phenoxy) is 1. The summed E-state index contributed by atoms with van der Waals surface area (Å²) in [5.41, 5.74) is 9.58. The van der Waals surface area contributed by atoms with E-state index in [9.17, 15) is 4.79 Å². The SMILES string of the molecule is COc1cccc(N2C[C@H](c3nc4ccccc4n3Cc3c(C)c(C)cc(C)c3C)CC2=O)c1. The van der Waals surface area contributed by atoms with Crippen molar-refractivity contribution in [2.24, 2.45) is 0 Å². The molecule has 1 fully saturated rings. The number of methoxy groups -OCH3 is 1. The molecular weight excluding hydrogens is 422 g/mol. The Morgan fingerprint density at radius 3 is 2.44 bits per heavy atom. The van der Waals surface area contributed by atoms with Gasteiger partial charge in [-0.1, -0.05) is 24.3 Å². The lowest BCUT2D eigenvalue weighted by Crippen LogP contribution is -2.24. The lowest BCUT2D eigenvalue weighted by Gasteiger charge is -2.20. The minimum atomic E-state index is 0.0256. The first-order chi connectivity index (χ1) is 16.4. The predicted molar refractivity (Wildman–Crippen MR) is 137 cm³/mol. The van der Waals surface area contributed by atoms with Gasteiger partial charge >= 0.3 is 0 Å². The Labute approximate surface area is 201 Å². The van der Waals surface area contributed by atoms with Gasteiger partial charge in [0, 0.05) is 37.2 Å². The van der Waals surface area contributed by atoms with Crippen LogP contribution in [0, 0.1) is 27.7 Å². The molecule has 3 aromatic carbocycles. The molecule has 34 heavy (non-hydrogen) atoms. The van der Waals surface area contributed by atoms with E-state index in [-0.39, 0.29) is 11.8 Å². The smallest absolute Gasteiger partial charge is 0.227 e. The Balaban J connectivity index is 1.57. The van der Waals surface area contributed by atoms with Gasteiger partial charge in [0.1, 0.15) is 11.6 Å². The van der Waals surface area contributed by atoms with E-state index in [4.69, 9.17) is 9.72 Å². The molecule has 5 nitrogen and oxygen atoms in total. The van der Waals surface area contributed by atoms with Crippen LogP contribution in [0.1, 0.15) is 46.0 Å². The lowest BCUT2D eigenvalue weighted by molar-refractivity contribution is -0.117. The number of carbonyl (C=O) groups excluding carboxylic acids is 1. The van der Waals surface area contributed by atoms with E-state index in [1.165, 1.54) is 27.8 Å². The molecular formula is C29H31N3O2. The third-order valence-electron chi connectivity index (χ3n) is 7.38. The van der Waals surface area contributed by atoms with Crippen molar-refractivity contribution in [3.8, 4) is 5.75 Å². The second-order valence-electron chi connectivity index (χ2n) is 9.39. The van der Waals surface area contributed by atoms with E-state index in [0.717, 1.165) is 34.8 Å². The molecule has 1 saturated heterocycles. The molecule has 5 heteroatoms. The number of aryl methyl sites for hydroxylation is 2. The largest absolute Gasteiger partial charge is 0.497 e. The number of fused-ring (bicyclic) bond motifs is 1. The van der Waals surface area contributed by atoms with Gasteiger partial charge in [-0.15, -0.1) is 0 Å². The lowest BCUT2D eigenvalue weighted by atomic mass is 9.94. The minimum Gasteiger partial charge on any atom is -0.497 e. The first-order valence-electron chi connectivity index (χ1n) is 11.8. The van der Waals surface area contributed by atoms with Crippen molar-refractivity contribution in [1.29, 1.82) is 0 Å². The molecule has 0 bridgehead atoms. The zero-order valence-electron chi connectivity index (χ0n) is 20.6. The van der Waals surface area contributed by atoms with Crippen LogP contribution in [0.3, 0.4) is 0 Å². The number of carbonyl (C=O) groups is 1. The maximum atomic E-state index is 13.1. The van der Waals surface area contributed by atoms with Gasteiger partial charge in [0.25, 0.3) is 0 Å². The van der Waals surface area contributed by atoms with E-state index in [1.807, 2.05) is 35.2 Å². The van der Waals surface area contributed by atoms with Crippen molar-refractivity contribution in [1.82, 2.24) is 9.55 Å². The predicted octanol–water partition coefficient (Wildman–Crippen LogP) is 5.85. The molecule has 0 aliphatic carbocycles. The summed E-state index contributed by atoms with van der Waals surface area (Å²) in [7, 11) is 1.65. The van der Waals surface area contributed by atoms with Crippen LogP contribution in [0.5, 0.6) is 5.75 Å². The van der Waals surface area contributed by atoms with Crippen LogP contribution in [-0.4, -0.2) is 29.1 Å². The maximum Gasteiger partial charge on any atom is 0.227 e. The summed E-state index contributed by atoms with van der Waals surface area (Å²) < 4.78 is 7.70.